The third-order valence-electron chi connectivity index (χ3n) is 26.2. The van der Waals surface area contributed by atoms with Crippen LogP contribution in [0.5, 0.6) is 0 Å². The average molecular weight is 1690 g/mol. The minimum atomic E-state index is 0.568. The van der Waals surface area contributed by atoms with Crippen molar-refractivity contribution in [1.29, 1.82) is 0 Å². The number of fused-ring (bicyclic) bond motifs is 6. The van der Waals surface area contributed by atoms with Crippen LogP contribution < -0.4 is 0 Å². The van der Waals surface area contributed by atoms with Crippen molar-refractivity contribution in [3.05, 3.63) is 425 Å². The first-order chi connectivity index (χ1) is 65.5. The van der Waals surface area contributed by atoms with Gasteiger partial charge in [0.2, 0.25) is 5.95 Å². The lowest BCUT2D eigenvalue weighted by Crippen LogP contribution is -2.08. The Balaban J connectivity index is 0.000000103. The molecule has 0 radical (unpaired) electrons. The van der Waals surface area contributed by atoms with Gasteiger partial charge in [-0.2, -0.15) is 9.97 Å². The fourth-order valence-electron chi connectivity index (χ4n) is 20.8. The standard InChI is InChI=1S/C47H28N4O.C41H24N4O.C31H18N2O/c1-4-13-29(14-5-1)44-43-36-21-12-24-39-42(36)41-35(20-11-23-38(41)52-39)34-19-10-22-37(40(34)43)51(44)33-27-25-32(26-28-33)47-49-45(30-15-6-2-7-16-30)48-46(50-47)31-17-8-3-9-18-31;1-4-13-25(14-5-1)38-37-30-21-12-24-33-36(30)35-29(20-11-23-32(35)46-33)28-19-10-22-31(34(28)37)45(38)41-43-39(26-15-6-2-7-16-26)42-40(44-41)27-17-8-3-9-18-27;1-2-9-19(10-3-1)31-30-22-13-8-16-25-29(22)28-21(12-7-15-24(28)34-25)20-11-6-14-23(27(20)30)33(31)26-17-4-5-18-32-26/h1-28H;1-24H;1-18H. The van der Waals surface area contributed by atoms with Gasteiger partial charge in [-0.25, -0.2) is 24.9 Å². The van der Waals surface area contributed by atoms with E-state index in [9.17, 15) is 0 Å². The quantitative estimate of drug-likeness (QED) is 0.123. The summed E-state index contributed by atoms with van der Waals surface area (Å²) < 4.78 is 26.2. The fraction of sp³-hybridized carbons (Fsp3) is 0. The minimum Gasteiger partial charge on any atom is -0.456 e. The molecular formula is C119H70N10O3. The van der Waals surface area contributed by atoms with Crippen molar-refractivity contribution < 1.29 is 13.3 Å². The largest absolute Gasteiger partial charge is 0.456 e. The molecule has 0 N–H and O–H groups in total. The van der Waals surface area contributed by atoms with E-state index in [-0.39, 0.29) is 0 Å². The summed E-state index contributed by atoms with van der Waals surface area (Å²) in [5, 5.41) is 10.7. The molecule has 0 spiro atoms. The van der Waals surface area contributed by atoms with Crippen molar-refractivity contribution >= 4 is 98.5 Å². The van der Waals surface area contributed by atoms with Gasteiger partial charge >= 0.3 is 0 Å². The number of pyridine rings is 1. The lowest BCUT2D eigenvalue weighted by molar-refractivity contribution is 0.668. The summed E-state index contributed by atoms with van der Waals surface area (Å²) in [6.45, 7) is 0. The Hall–Kier alpha value is -18.1. The van der Waals surface area contributed by atoms with Crippen LogP contribution in [0.4, 0.5) is 0 Å². The van der Waals surface area contributed by atoms with Crippen LogP contribution >= 0.6 is 0 Å². The highest BCUT2D eigenvalue weighted by atomic mass is 16.3. The Kier molecular flexibility index (Phi) is 16.7. The molecule has 0 saturated carbocycles. The van der Waals surface area contributed by atoms with Gasteiger partial charge in [0.05, 0.1) is 33.6 Å². The van der Waals surface area contributed by atoms with Crippen molar-refractivity contribution in [2.75, 3.05) is 0 Å². The van der Waals surface area contributed by atoms with Crippen LogP contribution in [-0.4, -0.2) is 48.6 Å². The monoisotopic (exact) mass is 1690 g/mol. The van der Waals surface area contributed by atoms with E-state index in [1.54, 1.807) is 0 Å². The molecule has 3 aliphatic rings. The molecule has 0 saturated heterocycles. The smallest absolute Gasteiger partial charge is 0.238 e. The van der Waals surface area contributed by atoms with Gasteiger partial charge in [0.1, 0.15) is 39.3 Å². The molecule has 17 aromatic carbocycles. The van der Waals surface area contributed by atoms with Gasteiger partial charge in [-0.3, -0.25) is 9.13 Å². The van der Waals surface area contributed by atoms with E-state index < -0.39 is 0 Å². The molecule has 0 aliphatic heterocycles. The highest BCUT2D eigenvalue weighted by Crippen LogP contribution is 2.58. The zero-order chi connectivity index (χ0) is 86.6. The molecule has 3 aliphatic carbocycles. The molecular weight excluding hydrogens is 1620 g/mol. The molecule has 9 heterocycles. The van der Waals surface area contributed by atoms with Crippen molar-refractivity contribution in [2.45, 2.75) is 0 Å². The molecule has 0 fully saturated rings. The number of furan rings is 3. The molecule has 29 rings (SSSR count). The summed E-state index contributed by atoms with van der Waals surface area (Å²) in [4.78, 5) is 35.0. The number of benzene rings is 17. The Labute approximate surface area is 755 Å². The first kappa shape index (κ1) is 74.2. The summed E-state index contributed by atoms with van der Waals surface area (Å²) in [6.07, 6.45) is 1.86. The second-order valence-electron chi connectivity index (χ2n) is 33.5. The molecule has 13 nitrogen and oxygen atoms in total. The van der Waals surface area contributed by atoms with Crippen LogP contribution in [0.2, 0.25) is 0 Å². The van der Waals surface area contributed by atoms with Crippen LogP contribution in [0.3, 0.4) is 0 Å². The van der Waals surface area contributed by atoms with Crippen molar-refractivity contribution in [2.24, 2.45) is 0 Å². The van der Waals surface area contributed by atoms with Crippen LogP contribution in [-0.2, 0) is 0 Å². The number of aromatic nitrogens is 10. The second-order valence-corrected chi connectivity index (χ2v) is 33.5. The van der Waals surface area contributed by atoms with E-state index >= 15 is 0 Å². The van der Waals surface area contributed by atoms with E-state index in [1.807, 2.05) is 140 Å². The maximum absolute atomic E-state index is 6.46. The molecule has 13 heteroatoms. The third-order valence-corrected chi connectivity index (χ3v) is 26.2. The number of hydrogen-bond acceptors (Lipinski definition) is 10. The highest BCUT2D eigenvalue weighted by molar-refractivity contribution is 6.31. The maximum Gasteiger partial charge on any atom is 0.238 e. The van der Waals surface area contributed by atoms with Gasteiger partial charge < -0.3 is 17.8 Å². The molecule has 0 amide bonds. The Morgan fingerprint density at radius 3 is 0.750 bits per heavy atom. The second kappa shape index (κ2) is 29.8. The molecule has 132 heavy (non-hydrogen) atoms. The predicted molar refractivity (Wildman–Crippen MR) is 533 cm³/mol. The molecule has 0 bridgehead atoms. The zero-order valence-electron chi connectivity index (χ0n) is 70.6. The number of hydrogen-bond donors (Lipinski definition) is 0. The Bertz CT molecular complexity index is 9050. The first-order valence-electron chi connectivity index (χ1n) is 44.3. The summed E-state index contributed by atoms with van der Waals surface area (Å²) in [5.74, 6) is 4.64. The maximum atomic E-state index is 6.46. The van der Waals surface area contributed by atoms with E-state index in [0.29, 0.717) is 35.1 Å². The van der Waals surface area contributed by atoms with Crippen molar-refractivity contribution in [1.82, 2.24) is 48.6 Å². The van der Waals surface area contributed by atoms with Gasteiger partial charge in [0.15, 0.2) is 29.1 Å². The predicted octanol–water partition coefficient (Wildman–Crippen LogP) is 30.6. The third kappa shape index (κ3) is 11.5. The lowest BCUT2D eigenvalue weighted by Gasteiger charge is -2.15. The van der Waals surface area contributed by atoms with Crippen LogP contribution in [0, 0.1) is 0 Å². The molecule has 0 atom stereocenters. The van der Waals surface area contributed by atoms with Crippen LogP contribution in [0.25, 0.3) is 273 Å². The van der Waals surface area contributed by atoms with Gasteiger partial charge in [-0.05, 0) is 158 Å². The summed E-state index contributed by atoms with van der Waals surface area (Å²) in [7, 11) is 0. The molecule has 26 aromatic rings. The van der Waals surface area contributed by atoms with Gasteiger partial charge in [0.25, 0.3) is 0 Å². The van der Waals surface area contributed by atoms with E-state index in [0.717, 1.165) is 162 Å². The SMILES string of the molecule is c1ccc(-c2c3c4c(cccc4n2-c2ccccn2)-c2cccc4oc5cccc-3c5c24)cc1.c1ccc(-c2nc(-c3ccccc3)nc(-c3ccc(-n4c(-c5ccccc5)c5c6c(cccc64)-c4cccc6oc7cccc-5c7c46)cc3)n2)cc1.c1ccc(-c2nc(-c3ccccc3)nc(-n3c(-c4ccccc4)c4c5c(cccc53)-c3cccc5oc6cccc-4c6c35)n2)cc1. The van der Waals surface area contributed by atoms with Crippen LogP contribution in [0.1, 0.15) is 0 Å². The minimum absolute atomic E-state index is 0.568. The van der Waals surface area contributed by atoms with E-state index in [2.05, 4.69) is 299 Å². The summed E-state index contributed by atoms with van der Waals surface area (Å²) >= 11 is 0. The van der Waals surface area contributed by atoms with E-state index in [1.165, 1.54) is 76.8 Å². The van der Waals surface area contributed by atoms with Crippen LogP contribution in [0.15, 0.2) is 438 Å². The Morgan fingerprint density at radius 1 is 0.174 bits per heavy atom. The Morgan fingerprint density at radius 2 is 0.424 bits per heavy atom. The van der Waals surface area contributed by atoms with E-state index in [4.69, 9.17) is 48.1 Å². The number of nitrogens with zero attached hydrogens (tertiary/aromatic N) is 10. The normalized spacial score (nSPS) is 11.9. The van der Waals surface area contributed by atoms with Crippen molar-refractivity contribution in [3.8, 4) is 175 Å². The molecule has 0 unspecified atom stereocenters. The molecule has 614 valence electrons. The fourth-order valence-corrected chi connectivity index (χ4v) is 20.8. The van der Waals surface area contributed by atoms with Gasteiger partial charge in [0, 0.05) is 105 Å². The van der Waals surface area contributed by atoms with Crippen molar-refractivity contribution in [3.63, 3.8) is 0 Å². The topological polar surface area (TPSA) is 144 Å². The highest BCUT2D eigenvalue weighted by Gasteiger charge is 2.36. The van der Waals surface area contributed by atoms with Gasteiger partial charge in [-0.1, -0.05) is 328 Å². The first-order valence-corrected chi connectivity index (χ1v) is 44.3. The zero-order valence-corrected chi connectivity index (χ0v) is 70.6. The van der Waals surface area contributed by atoms with Gasteiger partial charge in [-0.15, -0.1) is 0 Å². The average Bonchev–Trinajstić information content (AvgIpc) is 1.54. The molecule has 9 aromatic heterocycles. The summed E-state index contributed by atoms with van der Waals surface area (Å²) in [5.41, 5.74) is 35.5. The lowest BCUT2D eigenvalue weighted by atomic mass is 9.95. The number of rotatable bonds is 11. The summed E-state index contributed by atoms with van der Waals surface area (Å²) in [6, 6.07) is 145.